The van der Waals surface area contributed by atoms with E-state index in [0.29, 0.717) is 0 Å². The average Bonchev–Trinajstić information content (AvgIpc) is 3.13. The van der Waals surface area contributed by atoms with Crippen LogP contribution in [0.4, 0.5) is 0 Å². The first kappa shape index (κ1) is 13.9. The van der Waals surface area contributed by atoms with E-state index in [4.69, 9.17) is 4.42 Å². The molecule has 3 rings (SSSR count). The lowest BCUT2D eigenvalue weighted by molar-refractivity contribution is -0.135. The third-order valence-electron chi connectivity index (χ3n) is 4.15. The quantitative estimate of drug-likeness (QED) is 0.939. The van der Waals surface area contributed by atoms with E-state index in [9.17, 15) is 9.90 Å². The molecule has 2 aromatic rings. The molecule has 1 aromatic carbocycles. The number of aliphatic hydroxyl groups excluding tert-OH is 1. The molecule has 0 aliphatic carbocycles. The van der Waals surface area contributed by atoms with Gasteiger partial charge in [-0.25, -0.2) is 0 Å². The molecule has 1 fully saturated rings. The molecule has 3 atom stereocenters. The van der Waals surface area contributed by atoms with Crippen LogP contribution in [-0.4, -0.2) is 22.5 Å². The predicted octanol–water partition coefficient (Wildman–Crippen LogP) is 2.92. The number of nitrogens with zero attached hydrogens (tertiary/aromatic N) is 1. The van der Waals surface area contributed by atoms with Gasteiger partial charge in [-0.3, -0.25) is 4.79 Å². The Bertz CT molecular complexity index is 594. The second-order valence-corrected chi connectivity index (χ2v) is 5.52. The van der Waals surface area contributed by atoms with Crippen molar-refractivity contribution in [3.63, 3.8) is 0 Å². The molecule has 1 N–H and O–H groups in total. The number of rotatable bonds is 4. The summed E-state index contributed by atoms with van der Waals surface area (Å²) in [6.45, 7) is 1.83. The fourth-order valence-electron chi connectivity index (χ4n) is 3.09. The van der Waals surface area contributed by atoms with Crippen LogP contribution in [-0.2, 0) is 4.79 Å². The van der Waals surface area contributed by atoms with E-state index < -0.39 is 0 Å². The van der Waals surface area contributed by atoms with Gasteiger partial charge in [0, 0.05) is 5.92 Å². The Morgan fingerprint density at radius 3 is 2.67 bits per heavy atom. The van der Waals surface area contributed by atoms with Gasteiger partial charge in [-0.2, -0.15) is 0 Å². The predicted molar refractivity (Wildman–Crippen MR) is 78.3 cm³/mol. The van der Waals surface area contributed by atoms with E-state index in [1.807, 2.05) is 49.4 Å². The van der Waals surface area contributed by atoms with E-state index in [1.165, 1.54) is 0 Å². The minimum Gasteiger partial charge on any atom is -0.467 e. The largest absolute Gasteiger partial charge is 0.467 e. The van der Waals surface area contributed by atoms with Crippen molar-refractivity contribution in [3.8, 4) is 0 Å². The van der Waals surface area contributed by atoms with Crippen LogP contribution in [0.15, 0.2) is 53.1 Å². The van der Waals surface area contributed by atoms with E-state index in [-0.39, 0.29) is 30.5 Å². The summed E-state index contributed by atoms with van der Waals surface area (Å²) >= 11 is 0. The third kappa shape index (κ3) is 2.47. The molecule has 1 unspecified atom stereocenters. The summed E-state index contributed by atoms with van der Waals surface area (Å²) in [6.07, 6.45) is 2.34. The highest BCUT2D eigenvalue weighted by Gasteiger charge is 2.43. The smallest absolute Gasteiger partial charge is 0.226 e. The number of hydrogen-bond donors (Lipinski definition) is 1. The molecule has 4 nitrogen and oxygen atoms in total. The average molecular weight is 285 g/mol. The van der Waals surface area contributed by atoms with Crippen LogP contribution >= 0.6 is 0 Å². The second kappa shape index (κ2) is 5.74. The van der Waals surface area contributed by atoms with Crippen LogP contribution in [0.3, 0.4) is 0 Å². The first-order valence-corrected chi connectivity index (χ1v) is 7.23. The molecular weight excluding hydrogens is 266 g/mol. The van der Waals surface area contributed by atoms with E-state index in [1.54, 1.807) is 11.2 Å². The summed E-state index contributed by atoms with van der Waals surface area (Å²) in [6, 6.07) is 12.9. The lowest BCUT2D eigenvalue weighted by Gasteiger charge is -2.31. The SMILES string of the molecule is CC1C[C@H](c2ccco2)N([C@@H](CO)c2ccccc2)C1=O. The molecule has 0 bridgehead atoms. The summed E-state index contributed by atoms with van der Waals surface area (Å²) in [5.74, 6) is 0.791. The van der Waals surface area contributed by atoms with Gasteiger partial charge in [-0.15, -0.1) is 0 Å². The number of carbonyl (C=O) groups is 1. The number of hydrogen-bond acceptors (Lipinski definition) is 3. The molecule has 1 aliphatic rings. The second-order valence-electron chi connectivity index (χ2n) is 5.52. The summed E-state index contributed by atoms with van der Waals surface area (Å²) in [4.78, 5) is 14.3. The molecule has 1 saturated heterocycles. The number of benzene rings is 1. The van der Waals surface area contributed by atoms with Crippen LogP contribution < -0.4 is 0 Å². The summed E-state index contributed by atoms with van der Waals surface area (Å²) in [5.41, 5.74) is 0.944. The molecule has 1 amide bonds. The van der Waals surface area contributed by atoms with Crippen molar-refractivity contribution in [1.82, 2.24) is 4.90 Å². The number of aliphatic hydroxyl groups is 1. The number of carbonyl (C=O) groups excluding carboxylic acids is 1. The van der Waals surface area contributed by atoms with Gasteiger partial charge in [0.1, 0.15) is 5.76 Å². The van der Waals surface area contributed by atoms with Crippen LogP contribution in [0.5, 0.6) is 0 Å². The standard InChI is InChI=1S/C17H19NO3/c1-12-10-14(16-8-5-9-21-16)18(17(12)20)15(11-19)13-6-3-2-4-7-13/h2-9,12,14-15,19H,10-11H2,1H3/t12?,14-,15+/m1/s1. The highest BCUT2D eigenvalue weighted by atomic mass is 16.3. The third-order valence-corrected chi connectivity index (χ3v) is 4.15. The molecule has 1 aliphatic heterocycles. The molecule has 110 valence electrons. The molecule has 2 heterocycles. The van der Waals surface area contributed by atoms with Crippen molar-refractivity contribution in [1.29, 1.82) is 0 Å². The van der Waals surface area contributed by atoms with Gasteiger partial charge in [0.15, 0.2) is 0 Å². The van der Waals surface area contributed by atoms with Gasteiger partial charge in [-0.1, -0.05) is 37.3 Å². The maximum atomic E-state index is 12.6. The van der Waals surface area contributed by atoms with Gasteiger partial charge in [0.05, 0.1) is 25.0 Å². The Balaban J connectivity index is 1.98. The highest BCUT2D eigenvalue weighted by Crippen LogP contribution is 2.41. The van der Waals surface area contributed by atoms with Gasteiger partial charge in [0.2, 0.25) is 5.91 Å². The molecule has 21 heavy (non-hydrogen) atoms. The zero-order valence-corrected chi connectivity index (χ0v) is 12.0. The number of amides is 1. The van der Waals surface area contributed by atoms with E-state index in [2.05, 4.69) is 0 Å². The molecular formula is C17H19NO3. The fraction of sp³-hybridized carbons (Fsp3) is 0.353. The van der Waals surface area contributed by atoms with E-state index in [0.717, 1.165) is 17.7 Å². The normalized spacial score (nSPS) is 23.5. The monoisotopic (exact) mass is 285 g/mol. The summed E-state index contributed by atoms with van der Waals surface area (Å²) in [7, 11) is 0. The molecule has 0 saturated carbocycles. The maximum absolute atomic E-state index is 12.6. The summed E-state index contributed by atoms with van der Waals surface area (Å²) in [5, 5.41) is 9.83. The fourth-order valence-corrected chi connectivity index (χ4v) is 3.09. The summed E-state index contributed by atoms with van der Waals surface area (Å²) < 4.78 is 5.50. The van der Waals surface area contributed by atoms with Crippen LogP contribution in [0, 0.1) is 5.92 Å². The number of furan rings is 1. The van der Waals surface area contributed by atoms with Crippen molar-refractivity contribution in [2.45, 2.75) is 25.4 Å². The molecule has 0 spiro atoms. The van der Waals surface area contributed by atoms with E-state index >= 15 is 0 Å². The minimum absolute atomic E-state index is 0.0575. The van der Waals surface area contributed by atoms with Gasteiger partial charge < -0.3 is 14.4 Å². The van der Waals surface area contributed by atoms with Crippen LogP contribution in [0.2, 0.25) is 0 Å². The Morgan fingerprint density at radius 1 is 1.29 bits per heavy atom. The van der Waals surface area contributed by atoms with Gasteiger partial charge >= 0.3 is 0 Å². The van der Waals surface area contributed by atoms with Gasteiger partial charge in [-0.05, 0) is 24.1 Å². The lowest BCUT2D eigenvalue weighted by Crippen LogP contribution is -2.35. The highest BCUT2D eigenvalue weighted by molar-refractivity contribution is 5.81. The Kier molecular flexibility index (Phi) is 3.80. The van der Waals surface area contributed by atoms with Crippen molar-refractivity contribution in [2.24, 2.45) is 5.92 Å². The van der Waals surface area contributed by atoms with Crippen LogP contribution in [0.25, 0.3) is 0 Å². The van der Waals surface area contributed by atoms with Crippen molar-refractivity contribution in [3.05, 3.63) is 60.1 Å². The zero-order chi connectivity index (χ0) is 14.8. The first-order chi connectivity index (χ1) is 10.2. The Morgan fingerprint density at radius 2 is 2.05 bits per heavy atom. The lowest BCUT2D eigenvalue weighted by atomic mass is 10.0. The van der Waals surface area contributed by atoms with Gasteiger partial charge in [0.25, 0.3) is 0 Å². The molecule has 0 radical (unpaired) electrons. The van der Waals surface area contributed by atoms with Crippen LogP contribution in [0.1, 0.15) is 36.8 Å². The minimum atomic E-state index is -0.334. The maximum Gasteiger partial charge on any atom is 0.226 e. The van der Waals surface area contributed by atoms with Crippen molar-refractivity contribution >= 4 is 5.91 Å². The van der Waals surface area contributed by atoms with Crippen molar-refractivity contribution < 1.29 is 14.3 Å². The van der Waals surface area contributed by atoms with Crippen molar-refractivity contribution in [2.75, 3.05) is 6.61 Å². The zero-order valence-electron chi connectivity index (χ0n) is 12.0. The Labute approximate surface area is 124 Å². The molecule has 4 heteroatoms. The molecule has 1 aromatic heterocycles. The number of likely N-dealkylation sites (tertiary alicyclic amines) is 1. The first-order valence-electron chi connectivity index (χ1n) is 7.23. The topological polar surface area (TPSA) is 53.7 Å². The Hall–Kier alpha value is -2.07.